The van der Waals surface area contributed by atoms with E-state index in [2.05, 4.69) is 16.7 Å². The smallest absolute Gasteiger partial charge is 0.307 e. The fraction of sp³-hybridized carbons (Fsp3) is 0.423. The standard InChI is InChI=1S/C26H30ClNO4/c1-26(2,3)32-25(29)14-15-28-16-18-31-24(19-28)21-8-12-23(13-9-21)30-17-4-5-20-6-10-22(27)11-7-20/h6-13,24H,14-19H2,1-3H3. The summed E-state index contributed by atoms with van der Waals surface area (Å²) in [7, 11) is 0. The number of nitrogens with zero attached hydrogens (tertiary/aromatic N) is 1. The maximum atomic E-state index is 12.0. The third-order valence-corrected chi connectivity index (χ3v) is 5.09. The fourth-order valence-corrected chi connectivity index (χ4v) is 3.44. The molecule has 32 heavy (non-hydrogen) atoms. The molecule has 1 aliphatic heterocycles. The van der Waals surface area contributed by atoms with Gasteiger partial charge < -0.3 is 14.2 Å². The molecule has 2 aromatic rings. The van der Waals surface area contributed by atoms with Crippen molar-refractivity contribution in [2.45, 2.75) is 38.9 Å². The molecular weight excluding hydrogens is 426 g/mol. The summed E-state index contributed by atoms with van der Waals surface area (Å²) < 4.78 is 17.1. The monoisotopic (exact) mass is 455 g/mol. The van der Waals surface area contributed by atoms with E-state index >= 15 is 0 Å². The zero-order valence-electron chi connectivity index (χ0n) is 18.9. The quantitative estimate of drug-likeness (QED) is 0.459. The highest BCUT2D eigenvalue weighted by Gasteiger charge is 2.23. The molecule has 0 saturated carbocycles. The van der Waals surface area contributed by atoms with Crippen LogP contribution < -0.4 is 4.74 Å². The van der Waals surface area contributed by atoms with Crippen molar-refractivity contribution in [3.8, 4) is 17.6 Å². The molecule has 2 aromatic carbocycles. The summed E-state index contributed by atoms with van der Waals surface area (Å²) in [5.74, 6) is 6.65. The van der Waals surface area contributed by atoms with Crippen molar-refractivity contribution >= 4 is 17.6 Å². The van der Waals surface area contributed by atoms with Crippen LogP contribution in [0.4, 0.5) is 0 Å². The highest BCUT2D eigenvalue weighted by Crippen LogP contribution is 2.24. The van der Waals surface area contributed by atoms with Gasteiger partial charge in [0.1, 0.15) is 18.0 Å². The molecule has 1 atom stereocenters. The van der Waals surface area contributed by atoms with Crippen LogP contribution in [0.1, 0.15) is 44.4 Å². The van der Waals surface area contributed by atoms with Gasteiger partial charge in [-0.2, -0.15) is 0 Å². The Labute approximate surface area is 195 Å². The van der Waals surface area contributed by atoms with Crippen LogP contribution in [0.5, 0.6) is 5.75 Å². The zero-order chi connectivity index (χ0) is 23.0. The first-order valence-electron chi connectivity index (χ1n) is 10.8. The van der Waals surface area contributed by atoms with Gasteiger partial charge in [-0.25, -0.2) is 0 Å². The van der Waals surface area contributed by atoms with E-state index in [0.717, 1.165) is 30.0 Å². The number of morpholine rings is 1. The molecule has 6 heteroatoms. The minimum atomic E-state index is -0.449. The van der Waals surface area contributed by atoms with Crippen molar-refractivity contribution in [3.63, 3.8) is 0 Å². The van der Waals surface area contributed by atoms with Crippen molar-refractivity contribution in [1.29, 1.82) is 0 Å². The number of benzene rings is 2. The molecule has 1 saturated heterocycles. The summed E-state index contributed by atoms with van der Waals surface area (Å²) in [6.07, 6.45) is 0.356. The van der Waals surface area contributed by atoms with Crippen molar-refractivity contribution in [2.24, 2.45) is 0 Å². The number of hydrogen-bond donors (Lipinski definition) is 0. The van der Waals surface area contributed by atoms with Crippen LogP contribution in [-0.4, -0.2) is 49.3 Å². The van der Waals surface area contributed by atoms with Crippen LogP contribution in [-0.2, 0) is 14.3 Å². The molecule has 1 aliphatic rings. The number of rotatable bonds is 6. The van der Waals surface area contributed by atoms with Gasteiger partial charge in [0.05, 0.1) is 19.1 Å². The van der Waals surface area contributed by atoms with E-state index in [1.165, 1.54) is 0 Å². The summed E-state index contributed by atoms with van der Waals surface area (Å²) in [5.41, 5.74) is 1.54. The highest BCUT2D eigenvalue weighted by atomic mass is 35.5. The molecule has 1 unspecified atom stereocenters. The number of halogens is 1. The van der Waals surface area contributed by atoms with Gasteiger partial charge in [-0.15, -0.1) is 0 Å². The van der Waals surface area contributed by atoms with Crippen molar-refractivity contribution in [3.05, 3.63) is 64.7 Å². The molecule has 0 bridgehead atoms. The summed E-state index contributed by atoms with van der Waals surface area (Å²) in [5, 5.41) is 0.694. The Hall–Kier alpha value is -2.52. The first-order chi connectivity index (χ1) is 15.3. The first kappa shape index (κ1) is 24.1. The number of carbonyl (C=O) groups excluding carboxylic acids is 1. The van der Waals surface area contributed by atoms with E-state index in [1.807, 2.05) is 69.3 Å². The molecule has 1 fully saturated rings. The zero-order valence-corrected chi connectivity index (χ0v) is 19.7. The predicted octanol–water partition coefficient (Wildman–Crippen LogP) is 4.88. The Morgan fingerprint density at radius 1 is 1.16 bits per heavy atom. The average molecular weight is 456 g/mol. The molecule has 5 nitrogen and oxygen atoms in total. The van der Waals surface area contributed by atoms with E-state index in [0.29, 0.717) is 31.2 Å². The van der Waals surface area contributed by atoms with Gasteiger partial charge >= 0.3 is 5.97 Å². The van der Waals surface area contributed by atoms with Gasteiger partial charge in [0.2, 0.25) is 0 Å². The van der Waals surface area contributed by atoms with Gasteiger partial charge in [0.25, 0.3) is 0 Å². The normalized spacial score (nSPS) is 16.7. The van der Waals surface area contributed by atoms with Crippen LogP contribution >= 0.6 is 11.6 Å². The van der Waals surface area contributed by atoms with Crippen LogP contribution in [0.2, 0.25) is 5.02 Å². The van der Waals surface area contributed by atoms with E-state index in [1.54, 1.807) is 0 Å². The second-order valence-corrected chi connectivity index (χ2v) is 9.10. The fourth-order valence-electron chi connectivity index (χ4n) is 3.32. The van der Waals surface area contributed by atoms with Gasteiger partial charge in [-0.05, 0) is 62.7 Å². The average Bonchev–Trinajstić information content (AvgIpc) is 2.76. The Morgan fingerprint density at radius 3 is 2.56 bits per heavy atom. The predicted molar refractivity (Wildman–Crippen MR) is 126 cm³/mol. The first-order valence-corrected chi connectivity index (χ1v) is 11.2. The maximum Gasteiger partial charge on any atom is 0.307 e. The number of ether oxygens (including phenoxy) is 3. The highest BCUT2D eigenvalue weighted by molar-refractivity contribution is 6.30. The molecule has 0 N–H and O–H groups in total. The third kappa shape index (κ3) is 8.20. The lowest BCUT2D eigenvalue weighted by Gasteiger charge is -2.33. The molecule has 170 valence electrons. The lowest BCUT2D eigenvalue weighted by Crippen LogP contribution is -2.39. The summed E-state index contributed by atoms with van der Waals surface area (Å²) >= 11 is 5.88. The van der Waals surface area contributed by atoms with Crippen LogP contribution in [0, 0.1) is 11.8 Å². The van der Waals surface area contributed by atoms with Crippen LogP contribution in [0.15, 0.2) is 48.5 Å². The number of hydrogen-bond acceptors (Lipinski definition) is 5. The second kappa shape index (κ2) is 11.4. The number of esters is 1. The van der Waals surface area contributed by atoms with Crippen molar-refractivity contribution in [2.75, 3.05) is 32.8 Å². The summed E-state index contributed by atoms with van der Waals surface area (Å²) in [6.45, 7) is 8.82. The minimum absolute atomic E-state index is 0.0267. The van der Waals surface area contributed by atoms with E-state index < -0.39 is 5.60 Å². The van der Waals surface area contributed by atoms with Gasteiger partial charge in [0.15, 0.2) is 0 Å². The molecule has 0 aliphatic carbocycles. The van der Waals surface area contributed by atoms with E-state index in [4.69, 9.17) is 25.8 Å². The maximum absolute atomic E-state index is 12.0. The molecule has 0 amide bonds. The molecule has 0 aromatic heterocycles. The molecule has 1 heterocycles. The van der Waals surface area contributed by atoms with Crippen LogP contribution in [0.3, 0.4) is 0 Å². The third-order valence-electron chi connectivity index (χ3n) is 4.84. The van der Waals surface area contributed by atoms with Crippen LogP contribution in [0.25, 0.3) is 0 Å². The molecule has 3 rings (SSSR count). The van der Waals surface area contributed by atoms with Crippen molar-refractivity contribution in [1.82, 2.24) is 4.90 Å². The molecule has 0 spiro atoms. The summed E-state index contributed by atoms with van der Waals surface area (Å²) in [6, 6.07) is 15.3. The lowest BCUT2D eigenvalue weighted by atomic mass is 10.1. The summed E-state index contributed by atoms with van der Waals surface area (Å²) in [4.78, 5) is 14.2. The largest absolute Gasteiger partial charge is 0.481 e. The molecule has 0 radical (unpaired) electrons. The SMILES string of the molecule is CC(C)(C)OC(=O)CCN1CCOC(c2ccc(OCC#Cc3ccc(Cl)cc3)cc2)C1. The molecular formula is C26H30ClNO4. The Balaban J connectivity index is 1.45. The van der Waals surface area contributed by atoms with Gasteiger partial charge in [-0.1, -0.05) is 35.6 Å². The van der Waals surface area contributed by atoms with E-state index in [9.17, 15) is 4.79 Å². The topological polar surface area (TPSA) is 48.0 Å². The minimum Gasteiger partial charge on any atom is -0.481 e. The lowest BCUT2D eigenvalue weighted by molar-refractivity contribution is -0.155. The van der Waals surface area contributed by atoms with Crippen molar-refractivity contribution < 1.29 is 19.0 Å². The van der Waals surface area contributed by atoms with E-state index in [-0.39, 0.29) is 12.1 Å². The van der Waals surface area contributed by atoms with Gasteiger partial charge in [0, 0.05) is 30.2 Å². The Morgan fingerprint density at radius 2 is 1.88 bits per heavy atom. The Kier molecular flexibility index (Phi) is 8.58. The van der Waals surface area contributed by atoms with Gasteiger partial charge in [-0.3, -0.25) is 9.69 Å². The Bertz CT molecular complexity index is 939. The second-order valence-electron chi connectivity index (χ2n) is 8.66. The number of carbonyl (C=O) groups is 1.